The molecule has 0 saturated carbocycles. The Morgan fingerprint density at radius 3 is 3.00 bits per heavy atom. The van der Waals surface area contributed by atoms with E-state index in [9.17, 15) is 0 Å². The molecule has 0 radical (unpaired) electrons. The van der Waals surface area contributed by atoms with E-state index in [0.717, 1.165) is 30.0 Å². The van der Waals surface area contributed by atoms with E-state index in [1.165, 1.54) is 5.56 Å². The fourth-order valence-corrected chi connectivity index (χ4v) is 3.65. The minimum absolute atomic E-state index is 0.314. The van der Waals surface area contributed by atoms with E-state index in [2.05, 4.69) is 20.6 Å². The van der Waals surface area contributed by atoms with Crippen molar-refractivity contribution < 1.29 is 9.15 Å². The van der Waals surface area contributed by atoms with E-state index in [1.807, 2.05) is 42.2 Å². The Labute approximate surface area is 166 Å². The molecule has 1 aromatic carbocycles. The van der Waals surface area contributed by atoms with Crippen LogP contribution in [0.4, 0.5) is 0 Å². The Morgan fingerprint density at radius 2 is 2.22 bits per heavy atom. The molecule has 0 atom stereocenters. The third kappa shape index (κ3) is 4.59. The summed E-state index contributed by atoms with van der Waals surface area (Å²) in [4.78, 5) is 9.50. The first-order chi connectivity index (χ1) is 13.3. The molecule has 0 amide bonds. The summed E-state index contributed by atoms with van der Waals surface area (Å²) in [5.41, 5.74) is 1.92. The van der Waals surface area contributed by atoms with Crippen LogP contribution in [0.3, 0.4) is 0 Å². The molecular weight excluding hydrogens is 382 g/mol. The van der Waals surface area contributed by atoms with Crippen molar-refractivity contribution in [2.24, 2.45) is 0 Å². The van der Waals surface area contributed by atoms with Crippen molar-refractivity contribution in [1.29, 1.82) is 0 Å². The highest BCUT2D eigenvalue weighted by Crippen LogP contribution is 2.28. The van der Waals surface area contributed by atoms with Gasteiger partial charge in [0, 0.05) is 18.9 Å². The zero-order chi connectivity index (χ0) is 18.5. The van der Waals surface area contributed by atoms with Gasteiger partial charge in [-0.15, -0.1) is 11.3 Å². The van der Waals surface area contributed by atoms with Crippen LogP contribution in [-0.4, -0.2) is 14.5 Å². The second-order valence-corrected chi connectivity index (χ2v) is 7.43. The van der Waals surface area contributed by atoms with Crippen molar-refractivity contribution in [1.82, 2.24) is 14.5 Å². The van der Waals surface area contributed by atoms with Crippen molar-refractivity contribution in [3.63, 3.8) is 0 Å². The number of nitrogens with zero attached hydrogens (tertiary/aromatic N) is 3. The molecular formula is C20H18ClN3O2S. The van der Waals surface area contributed by atoms with E-state index < -0.39 is 0 Å². The first-order valence-corrected chi connectivity index (χ1v) is 9.89. The first-order valence-electron chi connectivity index (χ1n) is 8.63. The molecule has 0 aliphatic rings. The van der Waals surface area contributed by atoms with Gasteiger partial charge < -0.3 is 13.7 Å². The van der Waals surface area contributed by atoms with Gasteiger partial charge in [0.2, 0.25) is 5.89 Å². The highest BCUT2D eigenvalue weighted by Gasteiger charge is 2.09. The fraction of sp³-hybridized carbons (Fsp3) is 0.200. The van der Waals surface area contributed by atoms with Crippen molar-refractivity contribution in [2.45, 2.75) is 26.0 Å². The maximum Gasteiger partial charge on any atom is 0.236 e. The Bertz CT molecular complexity index is 981. The fourth-order valence-electron chi connectivity index (χ4n) is 2.74. The van der Waals surface area contributed by atoms with E-state index in [1.54, 1.807) is 23.8 Å². The number of oxazole rings is 1. The molecule has 0 aliphatic carbocycles. The van der Waals surface area contributed by atoms with Gasteiger partial charge in [0.25, 0.3) is 0 Å². The van der Waals surface area contributed by atoms with Gasteiger partial charge in [-0.25, -0.2) is 9.97 Å². The average molecular weight is 400 g/mol. The number of benzene rings is 1. The number of aryl methyl sites for hydroxylation is 2. The van der Waals surface area contributed by atoms with Crippen molar-refractivity contribution in [3.05, 3.63) is 77.0 Å². The van der Waals surface area contributed by atoms with Gasteiger partial charge in [0.1, 0.15) is 24.3 Å². The zero-order valence-electron chi connectivity index (χ0n) is 14.5. The molecule has 0 saturated heterocycles. The predicted octanol–water partition coefficient (Wildman–Crippen LogP) is 5.46. The van der Waals surface area contributed by atoms with Gasteiger partial charge in [-0.05, 0) is 42.0 Å². The van der Waals surface area contributed by atoms with Crippen LogP contribution in [0.25, 0.3) is 10.8 Å². The Kier molecular flexibility index (Phi) is 5.55. The van der Waals surface area contributed by atoms with Crippen LogP contribution in [0.2, 0.25) is 5.02 Å². The molecule has 4 rings (SSSR count). The largest absolute Gasteiger partial charge is 0.486 e. The smallest absolute Gasteiger partial charge is 0.236 e. The SMILES string of the molecule is Clc1cc(CCCn2ccnc2)ccc1OCc1coc(-c2cccs2)n1. The molecule has 4 aromatic rings. The molecule has 138 valence electrons. The van der Waals surface area contributed by atoms with Crippen LogP contribution >= 0.6 is 22.9 Å². The summed E-state index contributed by atoms with van der Waals surface area (Å²) in [6, 6.07) is 9.87. The normalized spacial score (nSPS) is 11.0. The lowest BCUT2D eigenvalue weighted by molar-refractivity contribution is 0.301. The second kappa shape index (κ2) is 8.41. The molecule has 0 fully saturated rings. The second-order valence-electron chi connectivity index (χ2n) is 6.08. The summed E-state index contributed by atoms with van der Waals surface area (Å²) in [7, 11) is 0. The summed E-state index contributed by atoms with van der Waals surface area (Å²) in [5.74, 6) is 1.26. The van der Waals surface area contributed by atoms with Crippen LogP contribution in [0, 0.1) is 0 Å². The van der Waals surface area contributed by atoms with E-state index in [4.69, 9.17) is 20.8 Å². The maximum atomic E-state index is 6.38. The van der Waals surface area contributed by atoms with Crippen LogP contribution in [0.1, 0.15) is 17.7 Å². The molecule has 0 unspecified atom stereocenters. The molecule has 0 spiro atoms. The van der Waals surface area contributed by atoms with E-state index in [0.29, 0.717) is 23.3 Å². The standard InChI is InChI=1S/C20H18ClN3O2S/c21-17-11-15(3-1-8-24-9-7-22-14-24)5-6-18(17)25-12-16-13-26-20(23-16)19-4-2-10-27-19/h2,4-7,9-11,13-14H,1,3,8,12H2. The number of hydrogen-bond donors (Lipinski definition) is 0. The highest BCUT2D eigenvalue weighted by molar-refractivity contribution is 7.13. The van der Waals surface area contributed by atoms with Gasteiger partial charge in [0.05, 0.1) is 16.2 Å². The monoisotopic (exact) mass is 399 g/mol. The molecule has 5 nitrogen and oxygen atoms in total. The Hall–Kier alpha value is -2.57. The summed E-state index contributed by atoms with van der Waals surface area (Å²) in [6.07, 6.45) is 9.19. The van der Waals surface area contributed by atoms with Gasteiger partial charge in [-0.1, -0.05) is 23.7 Å². The maximum absolute atomic E-state index is 6.38. The van der Waals surface area contributed by atoms with Gasteiger partial charge >= 0.3 is 0 Å². The molecule has 0 bridgehead atoms. The molecule has 0 N–H and O–H groups in total. The van der Waals surface area contributed by atoms with Crippen molar-refractivity contribution in [2.75, 3.05) is 0 Å². The number of imidazole rings is 1. The molecule has 3 aromatic heterocycles. The quantitative estimate of drug-likeness (QED) is 0.394. The topological polar surface area (TPSA) is 53.1 Å². The molecule has 3 heterocycles. The summed E-state index contributed by atoms with van der Waals surface area (Å²) < 4.78 is 13.4. The predicted molar refractivity (Wildman–Crippen MR) is 106 cm³/mol. The lowest BCUT2D eigenvalue weighted by Gasteiger charge is -2.09. The number of ether oxygens (including phenoxy) is 1. The van der Waals surface area contributed by atoms with Crippen LogP contribution in [-0.2, 0) is 19.6 Å². The third-order valence-electron chi connectivity index (χ3n) is 4.10. The van der Waals surface area contributed by atoms with Crippen LogP contribution < -0.4 is 4.74 Å². The van der Waals surface area contributed by atoms with Crippen LogP contribution in [0.5, 0.6) is 5.75 Å². The average Bonchev–Trinajstić information content (AvgIpc) is 3.43. The number of halogens is 1. The Morgan fingerprint density at radius 1 is 1.26 bits per heavy atom. The molecule has 0 aliphatic heterocycles. The lowest BCUT2D eigenvalue weighted by Crippen LogP contribution is -1.98. The minimum Gasteiger partial charge on any atom is -0.486 e. The number of hydrogen-bond acceptors (Lipinski definition) is 5. The van der Waals surface area contributed by atoms with Gasteiger partial charge in [-0.3, -0.25) is 0 Å². The van der Waals surface area contributed by atoms with E-state index in [-0.39, 0.29) is 0 Å². The summed E-state index contributed by atoms with van der Waals surface area (Å²) in [5, 5.41) is 2.60. The summed E-state index contributed by atoms with van der Waals surface area (Å²) in [6.45, 7) is 1.25. The zero-order valence-corrected chi connectivity index (χ0v) is 16.1. The number of aromatic nitrogens is 3. The Balaban J connectivity index is 1.31. The minimum atomic E-state index is 0.314. The highest BCUT2D eigenvalue weighted by atomic mass is 35.5. The first kappa shape index (κ1) is 17.8. The molecule has 27 heavy (non-hydrogen) atoms. The van der Waals surface area contributed by atoms with Crippen LogP contribution in [0.15, 0.2) is 65.1 Å². The number of rotatable bonds is 8. The summed E-state index contributed by atoms with van der Waals surface area (Å²) >= 11 is 7.97. The van der Waals surface area contributed by atoms with Crippen molar-refractivity contribution >= 4 is 22.9 Å². The lowest BCUT2D eigenvalue weighted by atomic mass is 10.1. The van der Waals surface area contributed by atoms with Gasteiger partial charge in [0.15, 0.2) is 0 Å². The number of thiophene rings is 1. The third-order valence-corrected chi connectivity index (χ3v) is 5.25. The van der Waals surface area contributed by atoms with E-state index >= 15 is 0 Å². The molecule has 7 heteroatoms. The van der Waals surface area contributed by atoms with Crippen molar-refractivity contribution in [3.8, 4) is 16.5 Å². The van der Waals surface area contributed by atoms with Gasteiger partial charge in [-0.2, -0.15) is 0 Å².